The number of Topliss-reactive ketones (excluding diaryl/α,β-unsaturated/α-hetero) is 1. The van der Waals surface area contributed by atoms with Crippen LogP contribution in [0, 0.1) is 12.8 Å². The minimum absolute atomic E-state index is 0.233. The Morgan fingerprint density at radius 2 is 2.10 bits per heavy atom. The van der Waals surface area contributed by atoms with Gasteiger partial charge in [-0.2, -0.15) is 0 Å². The lowest BCUT2D eigenvalue weighted by atomic mass is 9.86. The van der Waals surface area contributed by atoms with E-state index in [1.807, 2.05) is 13.0 Å². The number of rotatable bonds is 2. The highest BCUT2D eigenvalue weighted by atomic mass is 16.4. The van der Waals surface area contributed by atoms with Crippen LogP contribution in [0.3, 0.4) is 0 Å². The van der Waals surface area contributed by atoms with Gasteiger partial charge >= 0.3 is 5.97 Å². The van der Waals surface area contributed by atoms with E-state index in [4.69, 9.17) is 0 Å². The Bertz CT molecular complexity index is 766. The van der Waals surface area contributed by atoms with Crippen molar-refractivity contribution in [3.8, 4) is 0 Å². The molecule has 0 saturated carbocycles. The Labute approximate surface area is 121 Å². The maximum Gasteiger partial charge on any atom is 0.320 e. The van der Waals surface area contributed by atoms with Crippen LogP contribution in [0.5, 0.6) is 0 Å². The number of carbonyl (C=O) groups is 2. The minimum atomic E-state index is -1.29. The van der Waals surface area contributed by atoms with Crippen molar-refractivity contribution in [2.45, 2.75) is 6.92 Å². The molecule has 1 unspecified atom stereocenters. The van der Waals surface area contributed by atoms with Crippen LogP contribution in [0.15, 0.2) is 47.7 Å². The summed E-state index contributed by atoms with van der Waals surface area (Å²) in [5.41, 5.74) is 2.53. The number of carbonyl (C=O) groups excluding carboxylic acids is 1. The molecule has 0 radical (unpaired) electrons. The summed E-state index contributed by atoms with van der Waals surface area (Å²) in [5, 5.41) is 9.41. The molecule has 0 spiro atoms. The van der Waals surface area contributed by atoms with Crippen LogP contribution in [0.1, 0.15) is 21.5 Å². The zero-order chi connectivity index (χ0) is 15.0. The zero-order valence-electron chi connectivity index (χ0n) is 11.3. The molecule has 1 aromatic carbocycles. The van der Waals surface area contributed by atoms with Crippen LogP contribution in [0.25, 0.3) is 0 Å². The first kappa shape index (κ1) is 13.2. The maximum absolute atomic E-state index is 12.5. The van der Waals surface area contributed by atoms with E-state index in [1.54, 1.807) is 30.5 Å². The fourth-order valence-electron chi connectivity index (χ4n) is 2.39. The lowest BCUT2D eigenvalue weighted by Crippen LogP contribution is -2.35. The second-order valence-corrected chi connectivity index (χ2v) is 4.89. The molecule has 0 bridgehead atoms. The first-order chi connectivity index (χ1) is 10.1. The number of aryl methyl sites for hydroxylation is 1. The summed E-state index contributed by atoms with van der Waals surface area (Å²) in [7, 11) is 0. The van der Waals surface area contributed by atoms with Gasteiger partial charge in [0.25, 0.3) is 0 Å². The van der Waals surface area contributed by atoms with Crippen LogP contribution in [0.2, 0.25) is 0 Å². The number of aromatic nitrogens is 1. The van der Waals surface area contributed by atoms with E-state index in [-0.39, 0.29) is 5.71 Å². The number of benzene rings is 1. The number of hydrogen-bond acceptors (Lipinski definition) is 4. The summed E-state index contributed by atoms with van der Waals surface area (Å²) in [6.45, 7) is 1.85. The predicted octanol–water partition coefficient (Wildman–Crippen LogP) is 2.41. The van der Waals surface area contributed by atoms with Crippen molar-refractivity contribution in [1.82, 2.24) is 4.98 Å². The first-order valence-electron chi connectivity index (χ1n) is 6.44. The molecule has 0 aliphatic carbocycles. The largest absolute Gasteiger partial charge is 0.480 e. The molecule has 0 amide bonds. The number of pyridine rings is 1. The third-order valence-corrected chi connectivity index (χ3v) is 3.40. The van der Waals surface area contributed by atoms with E-state index >= 15 is 0 Å². The second-order valence-electron chi connectivity index (χ2n) is 4.89. The number of hydrogen-bond donors (Lipinski definition) is 1. The minimum Gasteiger partial charge on any atom is -0.480 e. The molecule has 2 heterocycles. The van der Waals surface area contributed by atoms with Crippen molar-refractivity contribution in [2.24, 2.45) is 10.9 Å². The van der Waals surface area contributed by atoms with E-state index in [2.05, 4.69) is 9.98 Å². The summed E-state index contributed by atoms with van der Waals surface area (Å²) < 4.78 is 0. The summed E-state index contributed by atoms with van der Waals surface area (Å²) in [5.74, 6) is -2.92. The number of fused-ring (bicyclic) bond motifs is 1. The Balaban J connectivity index is 2.23. The zero-order valence-corrected chi connectivity index (χ0v) is 11.3. The number of carboxylic acid groups (broad SMARTS) is 1. The summed E-state index contributed by atoms with van der Waals surface area (Å²) in [6, 6.07) is 8.64. The third kappa shape index (κ3) is 2.23. The van der Waals surface area contributed by atoms with Crippen LogP contribution < -0.4 is 0 Å². The normalized spacial score (nSPS) is 17.1. The van der Waals surface area contributed by atoms with E-state index in [0.717, 1.165) is 5.56 Å². The number of aliphatic carboxylic acids is 1. The molecule has 2 aromatic rings. The summed E-state index contributed by atoms with van der Waals surface area (Å²) >= 11 is 0. The van der Waals surface area contributed by atoms with Gasteiger partial charge in [-0.15, -0.1) is 0 Å². The summed E-state index contributed by atoms with van der Waals surface area (Å²) in [4.78, 5) is 32.4. The monoisotopic (exact) mass is 280 g/mol. The van der Waals surface area contributed by atoms with Crippen LogP contribution >= 0.6 is 0 Å². The lowest BCUT2D eigenvalue weighted by Gasteiger charge is -2.21. The molecule has 1 aliphatic rings. The van der Waals surface area contributed by atoms with Crippen molar-refractivity contribution in [2.75, 3.05) is 0 Å². The molecule has 1 atom stereocenters. The van der Waals surface area contributed by atoms with Crippen LogP contribution in [0.4, 0.5) is 5.69 Å². The van der Waals surface area contributed by atoms with Crippen molar-refractivity contribution < 1.29 is 14.7 Å². The van der Waals surface area contributed by atoms with Gasteiger partial charge in [0.05, 0.1) is 11.4 Å². The molecule has 3 rings (SSSR count). The second kappa shape index (κ2) is 4.94. The average Bonchev–Trinajstić information content (AvgIpc) is 2.48. The van der Waals surface area contributed by atoms with Gasteiger partial charge in [-0.1, -0.05) is 17.7 Å². The Hall–Kier alpha value is -2.82. The quantitative estimate of drug-likeness (QED) is 0.857. The van der Waals surface area contributed by atoms with Gasteiger partial charge in [0.1, 0.15) is 0 Å². The number of ketones is 1. The maximum atomic E-state index is 12.5. The molecule has 5 heteroatoms. The van der Waals surface area contributed by atoms with Gasteiger partial charge in [0, 0.05) is 23.5 Å². The molecule has 0 saturated heterocycles. The van der Waals surface area contributed by atoms with Gasteiger partial charge in [-0.05, 0) is 25.1 Å². The highest BCUT2D eigenvalue weighted by Gasteiger charge is 2.37. The molecule has 5 nitrogen and oxygen atoms in total. The van der Waals surface area contributed by atoms with Gasteiger partial charge in [0.15, 0.2) is 11.7 Å². The molecule has 1 aromatic heterocycles. The average molecular weight is 280 g/mol. The van der Waals surface area contributed by atoms with Gasteiger partial charge in [-0.3, -0.25) is 19.6 Å². The molecule has 1 aliphatic heterocycles. The smallest absolute Gasteiger partial charge is 0.320 e. The number of aliphatic imine (C=N–C) groups is 1. The van der Waals surface area contributed by atoms with E-state index in [1.165, 1.54) is 6.20 Å². The fourth-order valence-corrected chi connectivity index (χ4v) is 2.39. The molecule has 0 fully saturated rings. The molecule has 21 heavy (non-hydrogen) atoms. The van der Waals surface area contributed by atoms with Crippen LogP contribution in [-0.4, -0.2) is 27.6 Å². The molecular weight excluding hydrogens is 268 g/mol. The Morgan fingerprint density at radius 3 is 2.76 bits per heavy atom. The Morgan fingerprint density at radius 1 is 1.29 bits per heavy atom. The van der Waals surface area contributed by atoms with Crippen molar-refractivity contribution in [1.29, 1.82) is 0 Å². The third-order valence-electron chi connectivity index (χ3n) is 3.40. The highest BCUT2D eigenvalue weighted by Crippen LogP contribution is 2.31. The predicted molar refractivity (Wildman–Crippen MR) is 77.1 cm³/mol. The number of nitrogens with zero attached hydrogens (tertiary/aromatic N) is 2. The first-order valence-corrected chi connectivity index (χ1v) is 6.44. The van der Waals surface area contributed by atoms with Crippen LogP contribution in [-0.2, 0) is 4.79 Å². The van der Waals surface area contributed by atoms with Gasteiger partial charge in [0.2, 0.25) is 0 Å². The molecule has 1 N–H and O–H groups in total. The summed E-state index contributed by atoms with van der Waals surface area (Å²) in [6.07, 6.45) is 3.10. The SMILES string of the molecule is Cc1ccc2c(c1)C(=O)C(C(=O)O)C(c1cccnc1)=N2. The van der Waals surface area contributed by atoms with Gasteiger partial charge in [-0.25, -0.2) is 0 Å². The Kier molecular flexibility index (Phi) is 3.10. The standard InChI is InChI=1S/C16H12N2O3/c1-9-4-5-12-11(7-9)15(19)13(16(20)21)14(18-12)10-3-2-6-17-8-10/h2-8,13H,1H3,(H,20,21). The topological polar surface area (TPSA) is 79.6 Å². The van der Waals surface area contributed by atoms with Crippen molar-refractivity contribution in [3.05, 3.63) is 59.4 Å². The van der Waals surface area contributed by atoms with E-state index < -0.39 is 17.7 Å². The highest BCUT2D eigenvalue weighted by molar-refractivity contribution is 6.31. The number of carboxylic acids is 1. The van der Waals surface area contributed by atoms with E-state index in [9.17, 15) is 14.7 Å². The van der Waals surface area contributed by atoms with E-state index in [0.29, 0.717) is 16.8 Å². The fraction of sp³-hybridized carbons (Fsp3) is 0.125. The molecule has 104 valence electrons. The van der Waals surface area contributed by atoms with Crippen molar-refractivity contribution in [3.63, 3.8) is 0 Å². The van der Waals surface area contributed by atoms with Crippen molar-refractivity contribution >= 4 is 23.2 Å². The van der Waals surface area contributed by atoms with Gasteiger partial charge < -0.3 is 5.11 Å². The lowest BCUT2D eigenvalue weighted by molar-refractivity contribution is -0.137. The molecular formula is C16H12N2O3.